The van der Waals surface area contributed by atoms with Gasteiger partial charge < -0.3 is 10.4 Å². The molecule has 0 aliphatic heterocycles. The first kappa shape index (κ1) is 13.5. The van der Waals surface area contributed by atoms with Gasteiger partial charge >= 0.3 is 6.09 Å². The number of rotatable bonds is 7. The minimum absolute atomic E-state index is 0.0779. The molecule has 0 radical (unpaired) electrons. The van der Waals surface area contributed by atoms with Crippen molar-refractivity contribution in [2.24, 2.45) is 0 Å². The molecular formula is C13H20N2O2. The lowest BCUT2D eigenvalue weighted by atomic mass is 10.0. The van der Waals surface area contributed by atoms with E-state index in [0.717, 1.165) is 32.1 Å². The summed E-state index contributed by atoms with van der Waals surface area (Å²) in [5.41, 5.74) is 1.21. The van der Waals surface area contributed by atoms with Gasteiger partial charge in [0.05, 0.1) is 0 Å². The SMILES string of the molecule is CCCC(CCCc1cccnc1)NC(=O)O. The van der Waals surface area contributed by atoms with E-state index in [4.69, 9.17) is 5.11 Å². The molecule has 4 nitrogen and oxygen atoms in total. The number of nitrogens with zero attached hydrogens (tertiary/aromatic N) is 1. The molecule has 94 valence electrons. The third kappa shape index (κ3) is 5.90. The highest BCUT2D eigenvalue weighted by Crippen LogP contribution is 2.09. The Morgan fingerprint density at radius 2 is 2.35 bits per heavy atom. The Bertz CT molecular complexity index is 327. The van der Waals surface area contributed by atoms with Crippen molar-refractivity contribution >= 4 is 6.09 Å². The quantitative estimate of drug-likeness (QED) is 0.765. The van der Waals surface area contributed by atoms with Gasteiger partial charge in [0.15, 0.2) is 0 Å². The zero-order valence-corrected chi connectivity index (χ0v) is 10.2. The smallest absolute Gasteiger partial charge is 0.404 e. The molecule has 1 atom stereocenters. The summed E-state index contributed by atoms with van der Waals surface area (Å²) in [6, 6.07) is 4.05. The van der Waals surface area contributed by atoms with Crippen LogP contribution in [0.2, 0.25) is 0 Å². The van der Waals surface area contributed by atoms with E-state index in [-0.39, 0.29) is 6.04 Å². The first-order valence-corrected chi connectivity index (χ1v) is 6.10. The van der Waals surface area contributed by atoms with Crippen LogP contribution >= 0.6 is 0 Å². The molecule has 0 saturated heterocycles. The number of amides is 1. The van der Waals surface area contributed by atoms with Gasteiger partial charge in [-0.05, 0) is 37.3 Å². The highest BCUT2D eigenvalue weighted by molar-refractivity contribution is 5.64. The van der Waals surface area contributed by atoms with E-state index in [1.807, 2.05) is 18.3 Å². The summed E-state index contributed by atoms with van der Waals surface area (Å²) in [6.07, 6.45) is 7.41. The Kier molecular flexibility index (Phi) is 6.07. The van der Waals surface area contributed by atoms with Gasteiger partial charge in [-0.25, -0.2) is 4.79 Å². The Morgan fingerprint density at radius 3 is 2.94 bits per heavy atom. The van der Waals surface area contributed by atoms with Crippen molar-refractivity contribution in [1.82, 2.24) is 10.3 Å². The van der Waals surface area contributed by atoms with Gasteiger partial charge in [0, 0.05) is 18.4 Å². The van der Waals surface area contributed by atoms with Crippen LogP contribution in [0.4, 0.5) is 4.79 Å². The van der Waals surface area contributed by atoms with Crippen LogP contribution in [0.15, 0.2) is 24.5 Å². The molecule has 1 amide bonds. The number of pyridine rings is 1. The molecular weight excluding hydrogens is 216 g/mol. The summed E-state index contributed by atoms with van der Waals surface area (Å²) in [5, 5.41) is 11.3. The van der Waals surface area contributed by atoms with Gasteiger partial charge in [-0.2, -0.15) is 0 Å². The van der Waals surface area contributed by atoms with E-state index < -0.39 is 6.09 Å². The Hall–Kier alpha value is -1.58. The second-order valence-corrected chi connectivity index (χ2v) is 4.19. The minimum Gasteiger partial charge on any atom is -0.465 e. The maximum atomic E-state index is 10.6. The largest absolute Gasteiger partial charge is 0.465 e. The molecule has 17 heavy (non-hydrogen) atoms. The van der Waals surface area contributed by atoms with Crippen molar-refractivity contribution in [3.8, 4) is 0 Å². The van der Waals surface area contributed by atoms with Gasteiger partial charge in [0.25, 0.3) is 0 Å². The number of carbonyl (C=O) groups is 1. The lowest BCUT2D eigenvalue weighted by Crippen LogP contribution is -2.33. The third-order valence-electron chi connectivity index (χ3n) is 2.71. The molecule has 0 aromatic carbocycles. The van der Waals surface area contributed by atoms with Crippen LogP contribution in [0.1, 0.15) is 38.2 Å². The summed E-state index contributed by atoms with van der Waals surface area (Å²) in [6.45, 7) is 2.07. The molecule has 1 aromatic rings. The van der Waals surface area contributed by atoms with Crippen LogP contribution in [0.3, 0.4) is 0 Å². The van der Waals surface area contributed by atoms with Crippen molar-refractivity contribution < 1.29 is 9.90 Å². The number of aromatic nitrogens is 1. The predicted molar refractivity (Wildman–Crippen MR) is 67.0 cm³/mol. The van der Waals surface area contributed by atoms with E-state index in [2.05, 4.69) is 17.2 Å². The van der Waals surface area contributed by atoms with Crippen molar-refractivity contribution in [1.29, 1.82) is 0 Å². The molecule has 4 heteroatoms. The zero-order valence-electron chi connectivity index (χ0n) is 10.2. The van der Waals surface area contributed by atoms with E-state index >= 15 is 0 Å². The maximum absolute atomic E-state index is 10.6. The number of carboxylic acid groups (broad SMARTS) is 1. The topological polar surface area (TPSA) is 62.2 Å². The van der Waals surface area contributed by atoms with Crippen molar-refractivity contribution in [2.45, 2.75) is 45.1 Å². The molecule has 0 spiro atoms. The summed E-state index contributed by atoms with van der Waals surface area (Å²) >= 11 is 0. The first-order valence-electron chi connectivity index (χ1n) is 6.10. The molecule has 0 bridgehead atoms. The van der Waals surface area contributed by atoms with Gasteiger partial charge in [-0.15, -0.1) is 0 Å². The highest BCUT2D eigenvalue weighted by Gasteiger charge is 2.09. The molecule has 2 N–H and O–H groups in total. The van der Waals surface area contributed by atoms with Gasteiger partial charge in [-0.3, -0.25) is 4.98 Å². The fraction of sp³-hybridized carbons (Fsp3) is 0.538. The van der Waals surface area contributed by atoms with E-state index in [1.165, 1.54) is 5.56 Å². The van der Waals surface area contributed by atoms with E-state index in [0.29, 0.717) is 0 Å². The third-order valence-corrected chi connectivity index (χ3v) is 2.71. The van der Waals surface area contributed by atoms with Gasteiger partial charge in [0.1, 0.15) is 0 Å². The number of nitrogens with one attached hydrogen (secondary N) is 1. The Morgan fingerprint density at radius 1 is 1.53 bits per heavy atom. The molecule has 1 heterocycles. The second kappa shape index (κ2) is 7.65. The molecule has 1 unspecified atom stereocenters. The van der Waals surface area contributed by atoms with E-state index in [9.17, 15) is 4.79 Å². The van der Waals surface area contributed by atoms with Crippen LogP contribution in [0.25, 0.3) is 0 Å². The molecule has 1 aromatic heterocycles. The first-order chi connectivity index (χ1) is 8.22. The molecule has 1 rings (SSSR count). The average Bonchev–Trinajstić information content (AvgIpc) is 2.30. The van der Waals surface area contributed by atoms with Gasteiger partial charge in [0.2, 0.25) is 0 Å². The Labute approximate surface area is 102 Å². The fourth-order valence-corrected chi connectivity index (χ4v) is 1.91. The molecule has 0 aliphatic rings. The normalized spacial score (nSPS) is 12.1. The maximum Gasteiger partial charge on any atom is 0.404 e. The van der Waals surface area contributed by atoms with Crippen molar-refractivity contribution in [2.75, 3.05) is 0 Å². The lowest BCUT2D eigenvalue weighted by molar-refractivity contribution is 0.188. The minimum atomic E-state index is -0.926. The van der Waals surface area contributed by atoms with E-state index in [1.54, 1.807) is 6.20 Å². The zero-order chi connectivity index (χ0) is 12.5. The fourth-order valence-electron chi connectivity index (χ4n) is 1.91. The summed E-state index contributed by atoms with van der Waals surface area (Å²) in [4.78, 5) is 14.7. The van der Waals surface area contributed by atoms with Crippen LogP contribution in [0, 0.1) is 0 Å². The standard InChI is InChI=1S/C13H20N2O2/c1-2-5-12(15-13(16)17)8-3-6-11-7-4-9-14-10-11/h4,7,9-10,12,15H,2-3,5-6,8H2,1H3,(H,16,17). The molecule has 0 fully saturated rings. The highest BCUT2D eigenvalue weighted by atomic mass is 16.4. The molecule has 0 saturated carbocycles. The number of hydrogen-bond acceptors (Lipinski definition) is 2. The number of aryl methyl sites for hydroxylation is 1. The van der Waals surface area contributed by atoms with Crippen LogP contribution in [0.5, 0.6) is 0 Å². The monoisotopic (exact) mass is 236 g/mol. The summed E-state index contributed by atoms with van der Waals surface area (Å²) < 4.78 is 0. The van der Waals surface area contributed by atoms with Crippen molar-refractivity contribution in [3.05, 3.63) is 30.1 Å². The predicted octanol–water partition coefficient (Wildman–Crippen LogP) is 2.84. The van der Waals surface area contributed by atoms with Crippen LogP contribution in [-0.2, 0) is 6.42 Å². The summed E-state index contributed by atoms with van der Waals surface area (Å²) in [5.74, 6) is 0. The molecule has 0 aliphatic carbocycles. The number of hydrogen-bond donors (Lipinski definition) is 2. The van der Waals surface area contributed by atoms with Crippen LogP contribution in [-0.4, -0.2) is 22.2 Å². The summed E-state index contributed by atoms with van der Waals surface area (Å²) in [7, 11) is 0. The van der Waals surface area contributed by atoms with Crippen LogP contribution < -0.4 is 5.32 Å². The van der Waals surface area contributed by atoms with Gasteiger partial charge in [-0.1, -0.05) is 19.4 Å². The van der Waals surface area contributed by atoms with Crippen molar-refractivity contribution in [3.63, 3.8) is 0 Å². The average molecular weight is 236 g/mol. The Balaban J connectivity index is 2.29. The second-order valence-electron chi connectivity index (χ2n) is 4.19. The lowest BCUT2D eigenvalue weighted by Gasteiger charge is -2.15.